The van der Waals surface area contributed by atoms with Crippen molar-refractivity contribution >= 4 is 27.3 Å². The molecular formula is C4H5BrN2S. The fourth-order valence-corrected chi connectivity index (χ4v) is 1.41. The maximum Gasteiger partial charge on any atom is 0.128 e. The lowest BCUT2D eigenvalue weighted by Gasteiger charge is -1.74. The van der Waals surface area contributed by atoms with Gasteiger partial charge >= 0.3 is 0 Å². The fraction of sp³-hybridized carbons (Fsp3) is 0.500. The highest BCUT2D eigenvalue weighted by atomic mass is 79.9. The van der Waals surface area contributed by atoms with E-state index in [1.54, 1.807) is 11.3 Å². The van der Waals surface area contributed by atoms with Gasteiger partial charge in [0.05, 0.1) is 5.33 Å². The van der Waals surface area contributed by atoms with Gasteiger partial charge in [-0.25, -0.2) is 0 Å². The Morgan fingerprint density at radius 2 is 2.38 bits per heavy atom. The Balaban J connectivity index is 2.84. The first kappa shape index (κ1) is 6.16. The van der Waals surface area contributed by atoms with Gasteiger partial charge in [0.1, 0.15) is 10.0 Å². The zero-order valence-corrected chi connectivity index (χ0v) is 6.79. The van der Waals surface area contributed by atoms with Gasteiger partial charge in [0, 0.05) is 0 Å². The fourth-order valence-electron chi connectivity index (χ4n) is 0.392. The maximum atomic E-state index is 3.86. The highest BCUT2D eigenvalue weighted by Gasteiger charge is 1.94. The van der Waals surface area contributed by atoms with E-state index in [9.17, 15) is 0 Å². The van der Waals surface area contributed by atoms with Crippen LogP contribution in [0.1, 0.15) is 10.0 Å². The van der Waals surface area contributed by atoms with Crippen LogP contribution in [0.3, 0.4) is 0 Å². The summed E-state index contributed by atoms with van der Waals surface area (Å²) in [7, 11) is 0. The van der Waals surface area contributed by atoms with Crippen molar-refractivity contribution in [2.24, 2.45) is 0 Å². The van der Waals surface area contributed by atoms with Crippen molar-refractivity contribution in [3.63, 3.8) is 0 Å². The molecule has 0 atom stereocenters. The zero-order valence-electron chi connectivity index (χ0n) is 4.39. The smallest absolute Gasteiger partial charge is 0.128 e. The molecular weight excluding hydrogens is 188 g/mol. The molecule has 0 N–H and O–H groups in total. The molecule has 2 nitrogen and oxygen atoms in total. The number of hydrogen-bond donors (Lipinski definition) is 0. The number of aryl methyl sites for hydroxylation is 1. The second-order valence-corrected chi connectivity index (χ2v) is 3.18. The van der Waals surface area contributed by atoms with Crippen molar-refractivity contribution in [1.29, 1.82) is 0 Å². The van der Waals surface area contributed by atoms with E-state index in [1.807, 2.05) is 6.92 Å². The molecule has 0 aliphatic rings. The minimum atomic E-state index is 0.818. The van der Waals surface area contributed by atoms with E-state index in [-0.39, 0.29) is 0 Å². The van der Waals surface area contributed by atoms with Crippen LogP contribution in [0.15, 0.2) is 0 Å². The van der Waals surface area contributed by atoms with Gasteiger partial charge in [-0.15, -0.1) is 21.5 Å². The third-order valence-corrected chi connectivity index (χ3v) is 2.42. The van der Waals surface area contributed by atoms with Crippen molar-refractivity contribution < 1.29 is 0 Å². The molecule has 0 saturated heterocycles. The molecule has 0 aromatic carbocycles. The largest absolute Gasteiger partial charge is 0.144 e. The molecule has 4 heteroatoms. The predicted molar refractivity (Wildman–Crippen MR) is 37.3 cm³/mol. The second kappa shape index (κ2) is 2.55. The summed E-state index contributed by atoms with van der Waals surface area (Å²) >= 11 is 4.90. The van der Waals surface area contributed by atoms with Gasteiger partial charge in [-0.1, -0.05) is 15.9 Å². The highest BCUT2D eigenvalue weighted by molar-refractivity contribution is 9.08. The quantitative estimate of drug-likeness (QED) is 0.635. The van der Waals surface area contributed by atoms with Crippen LogP contribution in [0.2, 0.25) is 0 Å². The normalized spacial score (nSPS) is 9.75. The first-order valence-electron chi connectivity index (χ1n) is 2.18. The van der Waals surface area contributed by atoms with Crippen LogP contribution >= 0.6 is 27.3 Å². The molecule has 0 aliphatic heterocycles. The van der Waals surface area contributed by atoms with Crippen molar-refractivity contribution in [2.45, 2.75) is 12.3 Å². The molecule has 0 bridgehead atoms. The Labute approximate surface area is 60.1 Å². The Morgan fingerprint density at radius 1 is 1.62 bits per heavy atom. The number of alkyl halides is 1. The van der Waals surface area contributed by atoms with Crippen LogP contribution in [0.4, 0.5) is 0 Å². The molecule has 1 aromatic rings. The Bertz CT molecular complexity index is 174. The summed E-state index contributed by atoms with van der Waals surface area (Å²) in [4.78, 5) is 0. The van der Waals surface area contributed by atoms with Crippen molar-refractivity contribution in [1.82, 2.24) is 10.2 Å². The molecule has 0 aliphatic carbocycles. The summed E-state index contributed by atoms with van der Waals surface area (Å²) in [6.07, 6.45) is 0. The van der Waals surface area contributed by atoms with Crippen molar-refractivity contribution in [2.75, 3.05) is 0 Å². The van der Waals surface area contributed by atoms with Crippen molar-refractivity contribution in [3.05, 3.63) is 10.0 Å². The topological polar surface area (TPSA) is 25.8 Å². The molecule has 0 fully saturated rings. The van der Waals surface area contributed by atoms with Crippen molar-refractivity contribution in [3.8, 4) is 0 Å². The molecule has 0 radical (unpaired) electrons. The molecule has 44 valence electrons. The van der Waals surface area contributed by atoms with E-state index in [0.717, 1.165) is 15.3 Å². The average Bonchev–Trinajstić information content (AvgIpc) is 2.14. The third-order valence-electron chi connectivity index (χ3n) is 0.682. The lowest BCUT2D eigenvalue weighted by Crippen LogP contribution is -1.72. The lowest BCUT2D eigenvalue weighted by atomic mass is 10.9. The molecule has 0 spiro atoms. The van der Waals surface area contributed by atoms with E-state index in [4.69, 9.17) is 0 Å². The van der Waals surface area contributed by atoms with Crippen LogP contribution in [0, 0.1) is 6.92 Å². The number of nitrogens with zero attached hydrogens (tertiary/aromatic N) is 2. The lowest BCUT2D eigenvalue weighted by molar-refractivity contribution is 1.01. The molecule has 8 heavy (non-hydrogen) atoms. The number of rotatable bonds is 1. The summed E-state index contributed by atoms with van der Waals surface area (Å²) in [5.41, 5.74) is 0. The van der Waals surface area contributed by atoms with Gasteiger partial charge in [0.15, 0.2) is 0 Å². The summed E-state index contributed by atoms with van der Waals surface area (Å²) in [5.74, 6) is 0. The molecule has 1 heterocycles. The summed E-state index contributed by atoms with van der Waals surface area (Å²) in [6.45, 7) is 1.95. The average molecular weight is 193 g/mol. The van der Waals surface area contributed by atoms with Crippen LogP contribution in [-0.2, 0) is 5.33 Å². The number of halogens is 1. The van der Waals surface area contributed by atoms with E-state index in [1.165, 1.54) is 0 Å². The van der Waals surface area contributed by atoms with Crippen LogP contribution in [-0.4, -0.2) is 10.2 Å². The van der Waals surface area contributed by atoms with Gasteiger partial charge in [-0.05, 0) is 6.92 Å². The van der Waals surface area contributed by atoms with Gasteiger partial charge in [-0.2, -0.15) is 0 Å². The highest BCUT2D eigenvalue weighted by Crippen LogP contribution is 2.10. The zero-order chi connectivity index (χ0) is 5.98. The van der Waals surface area contributed by atoms with Gasteiger partial charge in [0.25, 0.3) is 0 Å². The second-order valence-electron chi connectivity index (χ2n) is 1.35. The standard InChI is InChI=1S/C4H5BrN2S/c1-3-6-7-4(2-5)8-3/h2H2,1H3. The third kappa shape index (κ3) is 1.26. The van der Waals surface area contributed by atoms with Crippen LogP contribution in [0.25, 0.3) is 0 Å². The summed E-state index contributed by atoms with van der Waals surface area (Å²) < 4.78 is 0. The van der Waals surface area contributed by atoms with Gasteiger partial charge in [-0.3, -0.25) is 0 Å². The Kier molecular flexibility index (Phi) is 1.96. The first-order valence-corrected chi connectivity index (χ1v) is 4.11. The monoisotopic (exact) mass is 192 g/mol. The molecule has 0 saturated carbocycles. The predicted octanol–water partition coefficient (Wildman–Crippen LogP) is 1.74. The Morgan fingerprint density at radius 3 is 2.62 bits per heavy atom. The minimum absolute atomic E-state index is 0.818. The van der Waals surface area contributed by atoms with Gasteiger partial charge < -0.3 is 0 Å². The van der Waals surface area contributed by atoms with E-state index < -0.39 is 0 Å². The molecule has 1 aromatic heterocycles. The maximum absolute atomic E-state index is 3.86. The summed E-state index contributed by atoms with van der Waals surface area (Å²) in [5, 5.41) is 10.6. The van der Waals surface area contributed by atoms with E-state index in [0.29, 0.717) is 0 Å². The van der Waals surface area contributed by atoms with Crippen LogP contribution < -0.4 is 0 Å². The molecule has 1 rings (SSSR count). The SMILES string of the molecule is Cc1nnc(CBr)s1. The van der Waals surface area contributed by atoms with E-state index >= 15 is 0 Å². The molecule has 0 unspecified atom stereocenters. The summed E-state index contributed by atoms with van der Waals surface area (Å²) in [6, 6.07) is 0. The molecule has 0 amide bonds. The Hall–Kier alpha value is 0.0400. The van der Waals surface area contributed by atoms with Gasteiger partial charge in [0.2, 0.25) is 0 Å². The number of hydrogen-bond acceptors (Lipinski definition) is 3. The first-order chi connectivity index (χ1) is 3.83. The van der Waals surface area contributed by atoms with E-state index in [2.05, 4.69) is 26.1 Å². The minimum Gasteiger partial charge on any atom is -0.144 e. The number of aromatic nitrogens is 2. The van der Waals surface area contributed by atoms with Crippen LogP contribution in [0.5, 0.6) is 0 Å².